The van der Waals surface area contributed by atoms with Gasteiger partial charge in [0, 0.05) is 18.4 Å². The maximum atomic E-state index is 13.0. The Hall–Kier alpha value is -1.61. The SMILES string of the molecule is NCCc1cccn1Cc1cccc(F)c1. The fourth-order valence-electron chi connectivity index (χ4n) is 1.81. The first-order valence-corrected chi connectivity index (χ1v) is 5.38. The summed E-state index contributed by atoms with van der Waals surface area (Å²) in [7, 11) is 0. The zero-order chi connectivity index (χ0) is 11.4. The summed E-state index contributed by atoms with van der Waals surface area (Å²) in [5, 5.41) is 0. The monoisotopic (exact) mass is 218 g/mol. The molecule has 2 nitrogen and oxygen atoms in total. The van der Waals surface area contributed by atoms with Gasteiger partial charge in [-0.1, -0.05) is 12.1 Å². The highest BCUT2D eigenvalue weighted by Gasteiger charge is 2.01. The first-order valence-electron chi connectivity index (χ1n) is 5.38. The first-order chi connectivity index (χ1) is 7.79. The minimum Gasteiger partial charge on any atom is -0.347 e. The van der Waals surface area contributed by atoms with Crippen LogP contribution in [0.5, 0.6) is 0 Å². The Bertz CT molecular complexity index is 462. The van der Waals surface area contributed by atoms with Gasteiger partial charge in [0.05, 0.1) is 0 Å². The number of aromatic nitrogens is 1. The number of benzene rings is 1. The van der Waals surface area contributed by atoms with Crippen molar-refractivity contribution in [1.29, 1.82) is 0 Å². The standard InChI is InChI=1S/C13H15FN2/c14-12-4-1-3-11(9-12)10-16-8-2-5-13(16)6-7-15/h1-5,8-9H,6-7,10,15H2. The molecule has 0 aliphatic rings. The van der Waals surface area contributed by atoms with Crippen molar-refractivity contribution in [2.75, 3.05) is 6.54 Å². The topological polar surface area (TPSA) is 30.9 Å². The average Bonchev–Trinajstić information content (AvgIpc) is 2.66. The molecule has 0 saturated heterocycles. The van der Waals surface area contributed by atoms with Crippen LogP contribution in [0.4, 0.5) is 4.39 Å². The molecule has 16 heavy (non-hydrogen) atoms. The van der Waals surface area contributed by atoms with Crippen molar-refractivity contribution in [2.45, 2.75) is 13.0 Å². The second-order valence-electron chi connectivity index (χ2n) is 3.80. The van der Waals surface area contributed by atoms with Gasteiger partial charge < -0.3 is 10.3 Å². The second kappa shape index (κ2) is 4.94. The van der Waals surface area contributed by atoms with Crippen molar-refractivity contribution in [3.05, 3.63) is 59.7 Å². The van der Waals surface area contributed by atoms with Crippen molar-refractivity contribution in [3.63, 3.8) is 0 Å². The molecule has 1 heterocycles. The van der Waals surface area contributed by atoms with Crippen LogP contribution >= 0.6 is 0 Å². The zero-order valence-electron chi connectivity index (χ0n) is 9.07. The third-order valence-electron chi connectivity index (χ3n) is 2.57. The van der Waals surface area contributed by atoms with Gasteiger partial charge in [0.1, 0.15) is 5.82 Å². The molecule has 2 rings (SSSR count). The lowest BCUT2D eigenvalue weighted by atomic mass is 10.2. The largest absolute Gasteiger partial charge is 0.347 e. The molecule has 1 aromatic carbocycles. The molecule has 2 aromatic rings. The van der Waals surface area contributed by atoms with Crippen LogP contribution in [0.25, 0.3) is 0 Å². The summed E-state index contributed by atoms with van der Waals surface area (Å²) in [6, 6.07) is 10.7. The Morgan fingerprint density at radius 1 is 1.19 bits per heavy atom. The Morgan fingerprint density at radius 3 is 2.81 bits per heavy atom. The average molecular weight is 218 g/mol. The van der Waals surface area contributed by atoms with Gasteiger partial charge in [-0.15, -0.1) is 0 Å². The molecule has 2 N–H and O–H groups in total. The molecule has 84 valence electrons. The lowest BCUT2D eigenvalue weighted by Crippen LogP contribution is -2.09. The summed E-state index contributed by atoms with van der Waals surface area (Å²) in [4.78, 5) is 0. The quantitative estimate of drug-likeness (QED) is 0.837. The van der Waals surface area contributed by atoms with Gasteiger partial charge in [-0.2, -0.15) is 0 Å². The summed E-state index contributed by atoms with van der Waals surface area (Å²) >= 11 is 0. The Morgan fingerprint density at radius 2 is 2.06 bits per heavy atom. The van der Waals surface area contributed by atoms with E-state index in [1.165, 1.54) is 11.8 Å². The van der Waals surface area contributed by atoms with Gasteiger partial charge >= 0.3 is 0 Å². The summed E-state index contributed by atoms with van der Waals surface area (Å²) in [5.74, 6) is -0.190. The maximum absolute atomic E-state index is 13.0. The molecule has 0 aliphatic heterocycles. The minimum absolute atomic E-state index is 0.190. The van der Waals surface area contributed by atoms with E-state index in [1.807, 2.05) is 24.4 Å². The number of nitrogens with zero attached hydrogens (tertiary/aromatic N) is 1. The van der Waals surface area contributed by atoms with Gasteiger partial charge in [-0.3, -0.25) is 0 Å². The van der Waals surface area contributed by atoms with Crippen LogP contribution in [0.2, 0.25) is 0 Å². The molecular formula is C13H15FN2. The molecule has 0 atom stereocenters. The molecule has 0 bridgehead atoms. The van der Waals surface area contributed by atoms with Crippen LogP contribution in [0.1, 0.15) is 11.3 Å². The number of hydrogen-bond acceptors (Lipinski definition) is 1. The van der Waals surface area contributed by atoms with Crippen LogP contribution in [0.15, 0.2) is 42.6 Å². The lowest BCUT2D eigenvalue weighted by Gasteiger charge is -2.08. The lowest BCUT2D eigenvalue weighted by molar-refractivity contribution is 0.622. The second-order valence-corrected chi connectivity index (χ2v) is 3.80. The predicted octanol–water partition coefficient (Wildman–Crippen LogP) is 2.18. The van der Waals surface area contributed by atoms with Crippen LogP contribution in [0, 0.1) is 5.82 Å². The van der Waals surface area contributed by atoms with E-state index >= 15 is 0 Å². The molecule has 3 heteroatoms. The van der Waals surface area contributed by atoms with Crippen molar-refractivity contribution in [3.8, 4) is 0 Å². The van der Waals surface area contributed by atoms with E-state index in [9.17, 15) is 4.39 Å². The predicted molar refractivity (Wildman–Crippen MR) is 62.7 cm³/mol. The summed E-state index contributed by atoms with van der Waals surface area (Å²) in [5.41, 5.74) is 7.69. The van der Waals surface area contributed by atoms with E-state index in [-0.39, 0.29) is 5.82 Å². The molecule has 1 aromatic heterocycles. The van der Waals surface area contributed by atoms with Gasteiger partial charge in [0.25, 0.3) is 0 Å². The Labute approximate surface area is 94.5 Å². The third kappa shape index (κ3) is 2.49. The molecule has 0 saturated carbocycles. The van der Waals surface area contributed by atoms with Crippen LogP contribution < -0.4 is 5.73 Å². The highest BCUT2D eigenvalue weighted by molar-refractivity contribution is 5.18. The molecule has 0 radical (unpaired) electrons. The molecule has 0 spiro atoms. The molecule has 0 aliphatic carbocycles. The first kappa shape index (κ1) is 10.9. The fraction of sp³-hybridized carbons (Fsp3) is 0.231. The molecular weight excluding hydrogens is 203 g/mol. The van der Waals surface area contributed by atoms with Gasteiger partial charge in [-0.25, -0.2) is 4.39 Å². The number of halogens is 1. The summed E-state index contributed by atoms with van der Waals surface area (Å²) in [6.07, 6.45) is 2.85. The van der Waals surface area contributed by atoms with Crippen molar-refractivity contribution >= 4 is 0 Å². The van der Waals surface area contributed by atoms with Crippen LogP contribution in [-0.4, -0.2) is 11.1 Å². The highest BCUT2D eigenvalue weighted by atomic mass is 19.1. The van der Waals surface area contributed by atoms with E-state index < -0.39 is 0 Å². The van der Waals surface area contributed by atoms with Crippen molar-refractivity contribution in [2.24, 2.45) is 5.73 Å². The smallest absolute Gasteiger partial charge is 0.123 e. The number of hydrogen-bond donors (Lipinski definition) is 1. The fourth-order valence-corrected chi connectivity index (χ4v) is 1.81. The van der Waals surface area contributed by atoms with Gasteiger partial charge in [0.15, 0.2) is 0 Å². The van der Waals surface area contributed by atoms with Crippen LogP contribution in [0.3, 0.4) is 0 Å². The Kier molecular flexibility index (Phi) is 3.37. The maximum Gasteiger partial charge on any atom is 0.123 e. The van der Waals surface area contributed by atoms with E-state index in [0.717, 1.165) is 12.0 Å². The van der Waals surface area contributed by atoms with E-state index in [0.29, 0.717) is 13.1 Å². The van der Waals surface area contributed by atoms with Gasteiger partial charge in [0.2, 0.25) is 0 Å². The van der Waals surface area contributed by atoms with E-state index in [2.05, 4.69) is 4.57 Å². The van der Waals surface area contributed by atoms with Gasteiger partial charge in [-0.05, 0) is 42.8 Å². The zero-order valence-corrected chi connectivity index (χ0v) is 9.07. The van der Waals surface area contributed by atoms with Crippen molar-refractivity contribution < 1.29 is 4.39 Å². The molecule has 0 unspecified atom stereocenters. The van der Waals surface area contributed by atoms with Crippen molar-refractivity contribution in [1.82, 2.24) is 4.57 Å². The number of rotatable bonds is 4. The normalized spacial score (nSPS) is 10.6. The highest BCUT2D eigenvalue weighted by Crippen LogP contribution is 2.09. The Balaban J connectivity index is 2.17. The third-order valence-corrected chi connectivity index (χ3v) is 2.57. The van der Waals surface area contributed by atoms with Crippen LogP contribution in [-0.2, 0) is 13.0 Å². The summed E-state index contributed by atoms with van der Waals surface area (Å²) < 4.78 is 15.1. The molecule has 0 fully saturated rings. The number of nitrogens with two attached hydrogens (primary N) is 1. The van der Waals surface area contributed by atoms with E-state index in [1.54, 1.807) is 12.1 Å². The molecule has 0 amide bonds. The summed E-state index contributed by atoms with van der Waals surface area (Å²) in [6.45, 7) is 1.33. The van der Waals surface area contributed by atoms with E-state index in [4.69, 9.17) is 5.73 Å². The minimum atomic E-state index is -0.190.